The van der Waals surface area contributed by atoms with Crippen LogP contribution in [0.15, 0.2) is 52.2 Å². The highest BCUT2D eigenvalue weighted by Crippen LogP contribution is 2.31. The summed E-state index contributed by atoms with van der Waals surface area (Å²) in [6.07, 6.45) is 1.60. The van der Waals surface area contributed by atoms with Crippen LogP contribution in [0.5, 0.6) is 0 Å². The Bertz CT molecular complexity index is 1380. The number of hydrogen-bond donors (Lipinski definition) is 2. The van der Waals surface area contributed by atoms with Gasteiger partial charge in [-0.15, -0.1) is 5.10 Å². The van der Waals surface area contributed by atoms with Gasteiger partial charge in [0.1, 0.15) is 5.69 Å². The van der Waals surface area contributed by atoms with Crippen LogP contribution in [-0.2, 0) is 6.42 Å². The summed E-state index contributed by atoms with van der Waals surface area (Å²) in [5, 5.41) is 20.3. The number of hydrazone groups is 1. The maximum atomic E-state index is 13.0. The standard InChI is InChI=1S/C20H14Cl2N8O2/c21-13-7-5-11(9-14(13)22)17-16(25-29-30(17)19-18(23)27-32-28-19)20(31)26-24-15-8-6-10-3-1-2-4-12(10)15/h1-5,7,9H,6,8H2,(H2,23,27)(H,26,31)/b24-15-. The van der Waals surface area contributed by atoms with Gasteiger partial charge in [-0.25, -0.2) is 10.1 Å². The molecule has 160 valence electrons. The number of nitrogen functional groups attached to an aromatic ring is 1. The number of aromatic nitrogens is 5. The Morgan fingerprint density at radius 1 is 1.12 bits per heavy atom. The molecule has 0 bridgehead atoms. The molecule has 0 saturated carbocycles. The molecule has 32 heavy (non-hydrogen) atoms. The first kappa shape index (κ1) is 20.2. The number of hydrogen-bond acceptors (Lipinski definition) is 8. The number of nitrogens with zero attached hydrogens (tertiary/aromatic N) is 6. The minimum atomic E-state index is -0.566. The van der Waals surface area contributed by atoms with Crippen molar-refractivity contribution in [2.75, 3.05) is 5.73 Å². The average Bonchev–Trinajstić information content (AvgIpc) is 3.52. The molecule has 0 radical (unpaired) electrons. The largest absolute Gasteiger partial charge is 0.378 e. The van der Waals surface area contributed by atoms with Gasteiger partial charge in [0.15, 0.2) is 5.69 Å². The van der Waals surface area contributed by atoms with E-state index in [4.69, 9.17) is 28.9 Å². The maximum absolute atomic E-state index is 13.0. The Labute approximate surface area is 191 Å². The number of carbonyl (C=O) groups is 1. The van der Waals surface area contributed by atoms with Crippen molar-refractivity contribution in [1.82, 2.24) is 30.7 Å². The fourth-order valence-electron chi connectivity index (χ4n) is 3.52. The zero-order valence-corrected chi connectivity index (χ0v) is 17.8. The van der Waals surface area contributed by atoms with Crippen molar-refractivity contribution >= 4 is 40.6 Å². The van der Waals surface area contributed by atoms with Crippen molar-refractivity contribution in [3.8, 4) is 17.1 Å². The first-order chi connectivity index (χ1) is 15.5. The molecule has 0 unspecified atom stereocenters. The number of carbonyl (C=O) groups excluding carboxylic acids is 1. The molecule has 1 aliphatic carbocycles. The second kappa shape index (κ2) is 8.06. The fraction of sp³-hybridized carbons (Fsp3) is 0.100. The van der Waals surface area contributed by atoms with Gasteiger partial charge >= 0.3 is 0 Å². The SMILES string of the molecule is Nc1nonc1-n1nnc(C(=O)N/N=C2/CCc3ccccc32)c1-c1ccc(Cl)c(Cl)c1. The van der Waals surface area contributed by atoms with Gasteiger partial charge in [0.25, 0.3) is 5.91 Å². The van der Waals surface area contributed by atoms with Crippen molar-refractivity contribution < 1.29 is 9.42 Å². The van der Waals surface area contributed by atoms with E-state index in [0.29, 0.717) is 10.6 Å². The lowest BCUT2D eigenvalue weighted by Crippen LogP contribution is -2.21. The number of halogens is 2. The van der Waals surface area contributed by atoms with E-state index in [1.165, 1.54) is 10.2 Å². The van der Waals surface area contributed by atoms with E-state index in [9.17, 15) is 4.79 Å². The van der Waals surface area contributed by atoms with Crippen molar-refractivity contribution in [1.29, 1.82) is 0 Å². The van der Waals surface area contributed by atoms with E-state index in [1.807, 2.05) is 24.3 Å². The van der Waals surface area contributed by atoms with Crippen LogP contribution in [0.2, 0.25) is 10.0 Å². The van der Waals surface area contributed by atoms with Crippen LogP contribution in [0.25, 0.3) is 17.1 Å². The monoisotopic (exact) mass is 468 g/mol. The predicted octanol–water partition coefficient (Wildman–Crippen LogP) is 3.29. The van der Waals surface area contributed by atoms with Crippen LogP contribution in [0, 0.1) is 0 Å². The molecule has 0 aliphatic heterocycles. The summed E-state index contributed by atoms with van der Waals surface area (Å²) in [4.78, 5) is 13.0. The molecule has 0 atom stereocenters. The summed E-state index contributed by atoms with van der Waals surface area (Å²) in [6, 6.07) is 12.8. The smallest absolute Gasteiger partial charge is 0.294 e. The van der Waals surface area contributed by atoms with Crippen molar-refractivity contribution in [3.63, 3.8) is 0 Å². The minimum Gasteiger partial charge on any atom is -0.378 e. The Kier molecular flexibility index (Phi) is 5.08. The van der Waals surface area contributed by atoms with Crippen LogP contribution >= 0.6 is 23.2 Å². The van der Waals surface area contributed by atoms with Gasteiger partial charge < -0.3 is 5.73 Å². The number of rotatable bonds is 4. The van der Waals surface area contributed by atoms with Crippen LogP contribution in [-0.4, -0.2) is 36.9 Å². The summed E-state index contributed by atoms with van der Waals surface area (Å²) >= 11 is 12.2. The first-order valence-corrected chi connectivity index (χ1v) is 10.2. The van der Waals surface area contributed by atoms with Crippen molar-refractivity contribution in [3.05, 3.63) is 69.3 Å². The highest BCUT2D eigenvalue weighted by molar-refractivity contribution is 6.42. The summed E-state index contributed by atoms with van der Waals surface area (Å²) in [5.41, 5.74) is 12.2. The van der Waals surface area contributed by atoms with Crippen LogP contribution in [0.4, 0.5) is 5.82 Å². The molecule has 0 spiro atoms. The molecule has 4 aromatic rings. The number of fused-ring (bicyclic) bond motifs is 1. The number of amides is 1. The van der Waals surface area contributed by atoms with E-state index in [-0.39, 0.29) is 28.0 Å². The third kappa shape index (κ3) is 3.49. The highest BCUT2D eigenvalue weighted by atomic mass is 35.5. The van der Waals surface area contributed by atoms with Gasteiger partial charge in [-0.05, 0) is 40.9 Å². The quantitative estimate of drug-likeness (QED) is 0.438. The summed E-state index contributed by atoms with van der Waals surface area (Å²) in [6.45, 7) is 0. The molecule has 2 aromatic heterocycles. The maximum Gasteiger partial charge on any atom is 0.294 e. The molecule has 3 N–H and O–H groups in total. The van der Waals surface area contributed by atoms with E-state index in [0.717, 1.165) is 24.1 Å². The Balaban J connectivity index is 1.55. The van der Waals surface area contributed by atoms with Gasteiger partial charge in [0.05, 0.1) is 15.8 Å². The second-order valence-corrected chi connectivity index (χ2v) is 7.77. The Morgan fingerprint density at radius 3 is 2.75 bits per heavy atom. The number of anilines is 1. The molecule has 5 rings (SSSR count). The topological polar surface area (TPSA) is 137 Å². The minimum absolute atomic E-state index is 0.0126. The average molecular weight is 469 g/mol. The Hall–Kier alpha value is -3.76. The van der Waals surface area contributed by atoms with Gasteiger partial charge in [0, 0.05) is 11.1 Å². The summed E-state index contributed by atoms with van der Waals surface area (Å²) < 4.78 is 5.92. The predicted molar refractivity (Wildman–Crippen MR) is 118 cm³/mol. The Morgan fingerprint density at radius 2 is 1.97 bits per heavy atom. The van der Waals surface area contributed by atoms with E-state index in [1.54, 1.807) is 18.2 Å². The molecule has 1 amide bonds. The second-order valence-electron chi connectivity index (χ2n) is 6.96. The third-order valence-electron chi connectivity index (χ3n) is 5.03. The molecular weight excluding hydrogens is 455 g/mol. The van der Waals surface area contributed by atoms with Gasteiger partial charge in [-0.3, -0.25) is 4.79 Å². The van der Waals surface area contributed by atoms with Gasteiger partial charge in [0.2, 0.25) is 11.6 Å². The number of nitrogens with one attached hydrogen (secondary N) is 1. The number of benzene rings is 2. The number of aryl methyl sites for hydroxylation is 1. The lowest BCUT2D eigenvalue weighted by Gasteiger charge is -2.07. The van der Waals surface area contributed by atoms with Crippen LogP contribution in [0.3, 0.4) is 0 Å². The third-order valence-corrected chi connectivity index (χ3v) is 5.77. The number of nitrogens with two attached hydrogens (primary N) is 1. The zero-order chi connectivity index (χ0) is 22.2. The van der Waals surface area contributed by atoms with Crippen molar-refractivity contribution in [2.45, 2.75) is 12.8 Å². The zero-order valence-electron chi connectivity index (χ0n) is 16.3. The van der Waals surface area contributed by atoms with E-state index < -0.39 is 5.91 Å². The van der Waals surface area contributed by atoms with Gasteiger partial charge in [-0.1, -0.05) is 58.7 Å². The molecule has 2 heterocycles. The molecule has 10 nitrogen and oxygen atoms in total. The molecule has 0 saturated heterocycles. The molecule has 1 aliphatic rings. The van der Waals surface area contributed by atoms with E-state index >= 15 is 0 Å². The summed E-state index contributed by atoms with van der Waals surface area (Å²) in [5.74, 6) is -0.510. The first-order valence-electron chi connectivity index (χ1n) is 9.47. The lowest BCUT2D eigenvalue weighted by molar-refractivity contribution is 0.0950. The van der Waals surface area contributed by atoms with Crippen LogP contribution in [0.1, 0.15) is 28.0 Å². The normalized spacial score (nSPS) is 14.0. The lowest BCUT2D eigenvalue weighted by atomic mass is 10.1. The van der Waals surface area contributed by atoms with Crippen LogP contribution < -0.4 is 11.2 Å². The summed E-state index contributed by atoms with van der Waals surface area (Å²) in [7, 11) is 0. The van der Waals surface area contributed by atoms with E-state index in [2.05, 4.69) is 35.8 Å². The molecule has 0 fully saturated rings. The van der Waals surface area contributed by atoms with Gasteiger partial charge in [-0.2, -0.15) is 9.78 Å². The van der Waals surface area contributed by atoms with Crippen molar-refractivity contribution in [2.24, 2.45) is 5.10 Å². The molecular formula is C20H14Cl2N8O2. The highest BCUT2D eigenvalue weighted by Gasteiger charge is 2.26. The molecule has 12 heteroatoms. The fourth-order valence-corrected chi connectivity index (χ4v) is 3.82. The molecule has 2 aromatic carbocycles.